The Bertz CT molecular complexity index is 906. The Morgan fingerprint density at radius 2 is 1.79 bits per heavy atom. The van der Waals surface area contributed by atoms with Crippen LogP contribution in [0.1, 0.15) is 20.8 Å². The maximum absolute atomic E-state index is 13.6. The number of carbonyl (C=O) groups excluding carboxylic acids is 1. The molecule has 0 atom stereocenters. The number of nitrogens with one attached hydrogen (secondary N) is 1. The normalized spacial score (nSPS) is 10.4. The second-order valence-electron chi connectivity index (χ2n) is 4.85. The molecule has 0 saturated heterocycles. The summed E-state index contributed by atoms with van der Waals surface area (Å²) in [7, 11) is 0. The molecule has 7 heteroatoms. The van der Waals surface area contributed by atoms with E-state index in [1.54, 1.807) is 30.3 Å². The maximum atomic E-state index is 13.6. The smallest absolute Gasteiger partial charge is 0.355 e. The minimum Gasteiger partial charge on any atom is -0.476 e. The van der Waals surface area contributed by atoms with Crippen LogP contribution in [0.5, 0.6) is 0 Å². The predicted molar refractivity (Wildman–Crippen MR) is 88.9 cm³/mol. The van der Waals surface area contributed by atoms with Crippen LogP contribution < -0.4 is 5.32 Å². The number of nitrogens with zero attached hydrogens (tertiary/aromatic N) is 1. The molecule has 1 heterocycles. The number of carboxylic acid groups (broad SMARTS) is 1. The number of hydrogen-bond donors (Lipinski definition) is 2. The van der Waals surface area contributed by atoms with E-state index in [4.69, 9.17) is 5.11 Å². The molecule has 3 rings (SSSR count). The molecule has 0 unspecified atom stereocenters. The minimum absolute atomic E-state index is 0.00747. The number of halogens is 1. The summed E-state index contributed by atoms with van der Waals surface area (Å²) in [6, 6.07) is 12.4. The molecule has 0 spiro atoms. The second-order valence-corrected chi connectivity index (χ2v) is 5.71. The van der Waals surface area contributed by atoms with E-state index >= 15 is 0 Å². The predicted octanol–water partition coefficient (Wildman–Crippen LogP) is 3.90. The molecule has 120 valence electrons. The first kappa shape index (κ1) is 15.8. The van der Waals surface area contributed by atoms with Crippen molar-refractivity contribution < 1.29 is 19.1 Å². The third kappa shape index (κ3) is 3.31. The number of aromatic carboxylic acids is 1. The average molecular weight is 342 g/mol. The molecule has 2 aromatic carbocycles. The lowest BCUT2D eigenvalue weighted by Crippen LogP contribution is -2.13. The van der Waals surface area contributed by atoms with Gasteiger partial charge in [0.05, 0.1) is 5.56 Å². The zero-order chi connectivity index (χ0) is 17.1. The third-order valence-corrected chi connectivity index (χ3v) is 4.12. The number of anilines is 1. The first-order valence-electron chi connectivity index (χ1n) is 6.90. The van der Waals surface area contributed by atoms with Crippen LogP contribution in [0.15, 0.2) is 53.9 Å². The highest BCUT2D eigenvalue weighted by Crippen LogP contribution is 2.25. The number of hydrogen-bond acceptors (Lipinski definition) is 4. The highest BCUT2D eigenvalue weighted by atomic mass is 32.1. The molecule has 2 N–H and O–H groups in total. The summed E-state index contributed by atoms with van der Waals surface area (Å²) in [5, 5.41) is 13.5. The largest absolute Gasteiger partial charge is 0.476 e. The van der Waals surface area contributed by atoms with E-state index in [9.17, 15) is 14.0 Å². The van der Waals surface area contributed by atoms with Crippen molar-refractivity contribution in [3.63, 3.8) is 0 Å². The van der Waals surface area contributed by atoms with Gasteiger partial charge in [-0.3, -0.25) is 4.79 Å². The van der Waals surface area contributed by atoms with Crippen molar-refractivity contribution in [2.45, 2.75) is 0 Å². The second kappa shape index (κ2) is 6.59. The SMILES string of the molecule is O=C(O)c1csc(-c2ccc(NC(=O)c3ccccc3F)cc2)n1. The maximum Gasteiger partial charge on any atom is 0.355 e. The first-order valence-corrected chi connectivity index (χ1v) is 7.77. The summed E-state index contributed by atoms with van der Waals surface area (Å²) < 4.78 is 13.6. The molecule has 5 nitrogen and oxygen atoms in total. The van der Waals surface area contributed by atoms with E-state index in [0.717, 1.165) is 5.56 Å². The molecule has 0 saturated carbocycles. The highest BCUT2D eigenvalue weighted by molar-refractivity contribution is 7.13. The number of rotatable bonds is 4. The number of carboxylic acids is 1. The Labute approximate surface area is 140 Å². The van der Waals surface area contributed by atoms with E-state index in [1.165, 1.54) is 34.9 Å². The van der Waals surface area contributed by atoms with Gasteiger partial charge in [0.1, 0.15) is 10.8 Å². The van der Waals surface area contributed by atoms with Crippen LogP contribution in [0.2, 0.25) is 0 Å². The van der Waals surface area contributed by atoms with Gasteiger partial charge >= 0.3 is 5.97 Å². The lowest BCUT2D eigenvalue weighted by molar-refractivity contribution is 0.0691. The van der Waals surface area contributed by atoms with Gasteiger partial charge in [0.15, 0.2) is 5.69 Å². The fourth-order valence-corrected chi connectivity index (χ4v) is 2.84. The van der Waals surface area contributed by atoms with E-state index in [0.29, 0.717) is 10.7 Å². The Morgan fingerprint density at radius 3 is 2.42 bits per heavy atom. The van der Waals surface area contributed by atoms with Gasteiger partial charge in [-0.15, -0.1) is 11.3 Å². The standard InChI is InChI=1S/C17H11FN2O3S/c18-13-4-2-1-3-12(13)15(21)19-11-7-5-10(6-8-11)16-20-14(9-24-16)17(22)23/h1-9H,(H,19,21)(H,22,23). The van der Waals surface area contributed by atoms with Crippen molar-refractivity contribution in [3.8, 4) is 10.6 Å². The van der Waals surface area contributed by atoms with Crippen molar-refractivity contribution in [2.75, 3.05) is 5.32 Å². The molecule has 3 aromatic rings. The lowest BCUT2D eigenvalue weighted by Gasteiger charge is -2.06. The molecule has 0 fully saturated rings. The number of carbonyl (C=O) groups is 2. The fraction of sp³-hybridized carbons (Fsp3) is 0. The molecule has 1 amide bonds. The van der Waals surface area contributed by atoms with Gasteiger partial charge < -0.3 is 10.4 Å². The first-order chi connectivity index (χ1) is 11.5. The zero-order valence-corrected chi connectivity index (χ0v) is 13.0. The van der Waals surface area contributed by atoms with E-state index in [-0.39, 0.29) is 11.3 Å². The Kier molecular flexibility index (Phi) is 4.35. The van der Waals surface area contributed by atoms with Crippen molar-refractivity contribution in [1.29, 1.82) is 0 Å². The number of aromatic nitrogens is 1. The molecule has 0 bridgehead atoms. The van der Waals surface area contributed by atoms with Crippen LogP contribution in [0.3, 0.4) is 0 Å². The van der Waals surface area contributed by atoms with Crippen molar-refractivity contribution in [2.24, 2.45) is 0 Å². The molecule has 1 aromatic heterocycles. The summed E-state index contributed by atoms with van der Waals surface area (Å²) in [6.45, 7) is 0. The van der Waals surface area contributed by atoms with E-state index < -0.39 is 17.7 Å². The van der Waals surface area contributed by atoms with Gasteiger partial charge in [-0.2, -0.15) is 0 Å². The van der Waals surface area contributed by atoms with Crippen LogP contribution in [0.4, 0.5) is 10.1 Å². The van der Waals surface area contributed by atoms with Gasteiger partial charge in [-0.1, -0.05) is 12.1 Å². The quantitative estimate of drug-likeness (QED) is 0.754. The zero-order valence-electron chi connectivity index (χ0n) is 12.2. The van der Waals surface area contributed by atoms with Crippen molar-refractivity contribution in [3.05, 3.63) is 71.0 Å². The monoisotopic (exact) mass is 342 g/mol. The fourth-order valence-electron chi connectivity index (χ4n) is 2.04. The molecule has 0 aliphatic carbocycles. The summed E-state index contributed by atoms with van der Waals surface area (Å²) >= 11 is 1.22. The Hall–Kier alpha value is -3.06. The van der Waals surface area contributed by atoms with E-state index in [1.807, 2.05) is 0 Å². The van der Waals surface area contributed by atoms with Crippen LogP contribution in [0.25, 0.3) is 10.6 Å². The van der Waals surface area contributed by atoms with Crippen LogP contribution in [-0.2, 0) is 0 Å². The number of benzene rings is 2. The Balaban J connectivity index is 1.76. The van der Waals surface area contributed by atoms with Gasteiger partial charge in [-0.25, -0.2) is 14.2 Å². The van der Waals surface area contributed by atoms with Crippen molar-refractivity contribution >= 4 is 28.9 Å². The molecular weight excluding hydrogens is 331 g/mol. The minimum atomic E-state index is -1.08. The van der Waals surface area contributed by atoms with Gasteiger partial charge in [0.2, 0.25) is 0 Å². The third-order valence-electron chi connectivity index (χ3n) is 3.23. The average Bonchev–Trinajstić information content (AvgIpc) is 3.06. The Morgan fingerprint density at radius 1 is 1.08 bits per heavy atom. The summed E-state index contributed by atoms with van der Waals surface area (Å²) in [5.41, 5.74) is 1.19. The molecular formula is C17H11FN2O3S. The van der Waals surface area contributed by atoms with Gasteiger partial charge in [-0.05, 0) is 36.4 Å². The van der Waals surface area contributed by atoms with Gasteiger partial charge in [0, 0.05) is 16.6 Å². The van der Waals surface area contributed by atoms with Crippen LogP contribution in [0, 0.1) is 5.82 Å². The molecule has 0 radical (unpaired) electrons. The number of thiazole rings is 1. The van der Waals surface area contributed by atoms with Crippen molar-refractivity contribution in [1.82, 2.24) is 4.98 Å². The molecule has 24 heavy (non-hydrogen) atoms. The van der Waals surface area contributed by atoms with Crippen LogP contribution in [-0.4, -0.2) is 22.0 Å². The van der Waals surface area contributed by atoms with Gasteiger partial charge in [0.25, 0.3) is 5.91 Å². The number of amides is 1. The highest BCUT2D eigenvalue weighted by Gasteiger charge is 2.12. The topological polar surface area (TPSA) is 79.3 Å². The molecule has 0 aliphatic heterocycles. The summed E-state index contributed by atoms with van der Waals surface area (Å²) in [6.07, 6.45) is 0. The lowest BCUT2D eigenvalue weighted by atomic mass is 10.1. The summed E-state index contributed by atoms with van der Waals surface area (Å²) in [4.78, 5) is 26.9. The van der Waals surface area contributed by atoms with Crippen LogP contribution >= 0.6 is 11.3 Å². The molecule has 0 aliphatic rings. The van der Waals surface area contributed by atoms with E-state index in [2.05, 4.69) is 10.3 Å². The summed E-state index contributed by atoms with van der Waals surface area (Å²) in [5.74, 6) is -2.20.